The maximum Gasteiger partial charge on any atom is 0.212 e. The van der Waals surface area contributed by atoms with Crippen molar-refractivity contribution in [3.8, 4) is 5.88 Å². The Morgan fingerprint density at radius 1 is 0.966 bits per heavy atom. The van der Waals surface area contributed by atoms with Crippen LogP contribution >= 0.6 is 0 Å². The molecule has 6 nitrogen and oxygen atoms in total. The minimum atomic E-state index is 0.695. The lowest BCUT2D eigenvalue weighted by Gasteiger charge is -2.40. The molecule has 0 atom stereocenters. The number of pyridine rings is 1. The number of aromatic nitrogens is 3. The minimum absolute atomic E-state index is 0.695. The monoisotopic (exact) mass is 397 g/mol. The van der Waals surface area contributed by atoms with Gasteiger partial charge in [0.05, 0.1) is 7.11 Å². The number of likely N-dealkylation sites (tertiary alicyclic amines) is 2. The third-order valence-electron chi connectivity index (χ3n) is 6.76. The fraction of sp³-hybridized carbons (Fsp3) is 0.652. The van der Waals surface area contributed by atoms with Gasteiger partial charge in [0, 0.05) is 37.7 Å². The minimum Gasteiger partial charge on any atom is -0.481 e. The molecule has 0 unspecified atom stereocenters. The van der Waals surface area contributed by atoms with Gasteiger partial charge in [-0.05, 0) is 88.3 Å². The molecule has 0 N–H and O–H groups in total. The van der Waals surface area contributed by atoms with Gasteiger partial charge in [0.25, 0.3) is 0 Å². The second-order valence-corrected chi connectivity index (χ2v) is 8.62. The van der Waals surface area contributed by atoms with E-state index in [-0.39, 0.29) is 0 Å². The van der Waals surface area contributed by atoms with Gasteiger partial charge in [-0.3, -0.25) is 9.58 Å². The molecule has 0 spiro atoms. The van der Waals surface area contributed by atoms with E-state index in [4.69, 9.17) is 4.74 Å². The molecule has 2 aliphatic rings. The Labute approximate surface area is 174 Å². The summed E-state index contributed by atoms with van der Waals surface area (Å²) in [6.45, 7) is 8.26. The number of hydrogen-bond acceptors (Lipinski definition) is 5. The summed E-state index contributed by atoms with van der Waals surface area (Å²) in [5, 5.41) is 4.30. The summed E-state index contributed by atoms with van der Waals surface area (Å²) in [5.74, 6) is 2.55. The van der Waals surface area contributed by atoms with E-state index in [1.165, 1.54) is 70.4 Å². The average Bonchev–Trinajstić information content (AvgIpc) is 3.29. The molecule has 2 aromatic rings. The van der Waals surface area contributed by atoms with Crippen LogP contribution in [0.5, 0.6) is 5.88 Å². The molecular formula is C23H35N5O. The van der Waals surface area contributed by atoms with Gasteiger partial charge in [-0.15, -0.1) is 0 Å². The van der Waals surface area contributed by atoms with E-state index >= 15 is 0 Å². The van der Waals surface area contributed by atoms with Crippen molar-refractivity contribution in [3.63, 3.8) is 0 Å². The van der Waals surface area contributed by atoms with Crippen LogP contribution < -0.4 is 4.74 Å². The first kappa shape index (κ1) is 20.4. The van der Waals surface area contributed by atoms with Crippen LogP contribution in [0.4, 0.5) is 0 Å². The summed E-state index contributed by atoms with van der Waals surface area (Å²) in [5.41, 5.74) is 1.28. The normalized spacial score (nSPS) is 20.2. The van der Waals surface area contributed by atoms with Crippen molar-refractivity contribution in [1.29, 1.82) is 0 Å². The predicted octanol–water partition coefficient (Wildman–Crippen LogP) is 3.30. The quantitative estimate of drug-likeness (QED) is 0.684. The summed E-state index contributed by atoms with van der Waals surface area (Å²) in [6.07, 6.45) is 12.6. The number of methoxy groups -OCH3 is 1. The van der Waals surface area contributed by atoms with Crippen LogP contribution in [0.15, 0.2) is 36.8 Å². The van der Waals surface area contributed by atoms with Crippen LogP contribution in [0.3, 0.4) is 0 Å². The number of hydrogen-bond donors (Lipinski definition) is 0. The number of rotatable bonds is 8. The van der Waals surface area contributed by atoms with Crippen molar-refractivity contribution in [3.05, 3.63) is 42.4 Å². The third-order valence-corrected chi connectivity index (χ3v) is 6.76. The standard InChI is InChI=1S/C23H35N5O/c1-29-23-5-4-20(18-24-23)19-27-16-8-22(9-17-27)21-6-14-26(15-7-21)11-3-13-28-12-2-10-25-28/h2,4-5,10,12,18,21-22H,3,6-9,11,13-17,19H2,1H3. The molecular weight excluding hydrogens is 362 g/mol. The Morgan fingerprint density at radius 3 is 2.28 bits per heavy atom. The molecule has 158 valence electrons. The average molecular weight is 398 g/mol. The number of piperidine rings is 2. The molecule has 4 rings (SSSR count). The van der Waals surface area contributed by atoms with Crippen LogP contribution in [0.2, 0.25) is 0 Å². The van der Waals surface area contributed by atoms with E-state index in [2.05, 4.69) is 32.1 Å². The fourth-order valence-electron chi connectivity index (χ4n) is 5.00. The first-order chi connectivity index (χ1) is 14.3. The lowest BCUT2D eigenvalue weighted by Crippen LogP contribution is -2.41. The highest BCUT2D eigenvalue weighted by atomic mass is 16.5. The Morgan fingerprint density at radius 2 is 1.69 bits per heavy atom. The summed E-state index contributed by atoms with van der Waals surface area (Å²) < 4.78 is 7.20. The lowest BCUT2D eigenvalue weighted by molar-refractivity contribution is 0.0925. The van der Waals surface area contributed by atoms with Crippen molar-refractivity contribution in [2.45, 2.75) is 45.2 Å². The summed E-state index contributed by atoms with van der Waals surface area (Å²) in [6, 6.07) is 6.11. The Hall–Kier alpha value is -1.92. The Bertz CT molecular complexity index is 701. The highest BCUT2D eigenvalue weighted by Gasteiger charge is 2.29. The van der Waals surface area contributed by atoms with Crippen LogP contribution in [0, 0.1) is 11.8 Å². The largest absolute Gasteiger partial charge is 0.481 e. The van der Waals surface area contributed by atoms with Crippen molar-refractivity contribution < 1.29 is 4.74 Å². The van der Waals surface area contributed by atoms with Crippen molar-refractivity contribution in [2.24, 2.45) is 11.8 Å². The van der Waals surface area contributed by atoms with Gasteiger partial charge >= 0.3 is 0 Å². The van der Waals surface area contributed by atoms with Gasteiger partial charge in [-0.1, -0.05) is 6.07 Å². The molecule has 0 saturated carbocycles. The zero-order valence-electron chi connectivity index (χ0n) is 17.7. The third kappa shape index (κ3) is 5.80. The molecule has 6 heteroatoms. The summed E-state index contributed by atoms with van der Waals surface area (Å²) in [4.78, 5) is 9.58. The van der Waals surface area contributed by atoms with Crippen LogP contribution in [-0.2, 0) is 13.1 Å². The van der Waals surface area contributed by atoms with Crippen LogP contribution in [-0.4, -0.2) is 64.4 Å². The van der Waals surface area contributed by atoms with E-state index in [0.717, 1.165) is 24.9 Å². The topological polar surface area (TPSA) is 46.4 Å². The molecule has 0 aliphatic carbocycles. The zero-order valence-corrected chi connectivity index (χ0v) is 17.7. The Kier molecular flexibility index (Phi) is 7.17. The number of nitrogens with zero attached hydrogens (tertiary/aromatic N) is 5. The maximum atomic E-state index is 5.15. The number of aryl methyl sites for hydroxylation is 1. The van der Waals surface area contributed by atoms with E-state index in [9.17, 15) is 0 Å². The van der Waals surface area contributed by atoms with E-state index in [1.54, 1.807) is 7.11 Å². The highest BCUT2D eigenvalue weighted by molar-refractivity contribution is 5.17. The zero-order chi connectivity index (χ0) is 19.9. The van der Waals surface area contributed by atoms with Gasteiger partial charge < -0.3 is 9.64 Å². The van der Waals surface area contributed by atoms with Crippen LogP contribution in [0.25, 0.3) is 0 Å². The summed E-state index contributed by atoms with van der Waals surface area (Å²) >= 11 is 0. The lowest BCUT2D eigenvalue weighted by atomic mass is 9.78. The molecule has 2 saturated heterocycles. The first-order valence-corrected chi connectivity index (χ1v) is 11.2. The van der Waals surface area contributed by atoms with Crippen molar-refractivity contribution >= 4 is 0 Å². The second-order valence-electron chi connectivity index (χ2n) is 8.62. The molecule has 2 fully saturated rings. The van der Waals surface area contributed by atoms with Gasteiger partial charge in [0.15, 0.2) is 0 Å². The predicted molar refractivity (Wildman–Crippen MR) is 115 cm³/mol. The SMILES string of the molecule is COc1ccc(CN2CCC(C3CCN(CCCn4cccn4)CC3)CC2)cn1. The molecule has 29 heavy (non-hydrogen) atoms. The summed E-state index contributed by atoms with van der Waals surface area (Å²) in [7, 11) is 1.67. The highest BCUT2D eigenvalue weighted by Crippen LogP contribution is 2.33. The number of ether oxygens (including phenoxy) is 1. The molecule has 0 bridgehead atoms. The van der Waals surface area contributed by atoms with Gasteiger partial charge in [0.2, 0.25) is 5.88 Å². The van der Waals surface area contributed by atoms with Crippen molar-refractivity contribution in [2.75, 3.05) is 39.8 Å². The Balaban J connectivity index is 1.13. The molecule has 2 aliphatic heterocycles. The second kappa shape index (κ2) is 10.2. The molecule has 0 radical (unpaired) electrons. The van der Waals surface area contributed by atoms with Gasteiger partial charge in [-0.25, -0.2) is 4.98 Å². The molecule has 2 aromatic heterocycles. The maximum absolute atomic E-state index is 5.15. The first-order valence-electron chi connectivity index (χ1n) is 11.2. The molecule has 4 heterocycles. The van der Waals surface area contributed by atoms with Gasteiger partial charge in [-0.2, -0.15) is 5.10 Å². The molecule has 0 amide bonds. The van der Waals surface area contributed by atoms with Crippen molar-refractivity contribution in [1.82, 2.24) is 24.6 Å². The van der Waals surface area contributed by atoms with E-state index < -0.39 is 0 Å². The van der Waals surface area contributed by atoms with E-state index in [1.807, 2.05) is 29.2 Å². The van der Waals surface area contributed by atoms with Crippen LogP contribution in [0.1, 0.15) is 37.7 Å². The smallest absolute Gasteiger partial charge is 0.212 e. The van der Waals surface area contributed by atoms with E-state index in [0.29, 0.717) is 5.88 Å². The molecule has 0 aromatic carbocycles. The van der Waals surface area contributed by atoms with Gasteiger partial charge in [0.1, 0.15) is 0 Å². The fourth-order valence-corrected chi connectivity index (χ4v) is 5.00.